The molecule has 1 aliphatic carbocycles. The van der Waals surface area contributed by atoms with Crippen LogP contribution in [0.3, 0.4) is 0 Å². The van der Waals surface area contributed by atoms with E-state index < -0.39 is 30.0 Å². The topological polar surface area (TPSA) is 62.6 Å². The number of halogens is 4. The zero-order chi connectivity index (χ0) is 29.6. The first-order valence-corrected chi connectivity index (χ1v) is 15.1. The molecular formula is C31H37ClF3N5O2. The Morgan fingerprint density at radius 1 is 1.10 bits per heavy atom. The van der Waals surface area contributed by atoms with Crippen LogP contribution >= 0.6 is 11.6 Å². The number of nitrogens with zero attached hydrogens (tertiary/aromatic N) is 5. The van der Waals surface area contributed by atoms with E-state index in [-0.39, 0.29) is 12.0 Å². The third-order valence-electron chi connectivity index (χ3n) is 9.46. The fraction of sp³-hybridized carbons (Fsp3) is 0.548. The van der Waals surface area contributed by atoms with Crippen molar-refractivity contribution in [2.45, 2.75) is 50.4 Å². The maximum Gasteiger partial charge on any atom is 0.314 e. The number of anilines is 2. The minimum absolute atomic E-state index is 0.221. The van der Waals surface area contributed by atoms with E-state index in [9.17, 15) is 23.1 Å². The number of carboxylic acid groups (broad SMARTS) is 1. The van der Waals surface area contributed by atoms with Crippen LogP contribution in [0.4, 0.5) is 24.5 Å². The summed E-state index contributed by atoms with van der Waals surface area (Å²) in [6.45, 7) is 6.97. The van der Waals surface area contributed by atoms with Crippen molar-refractivity contribution in [2.75, 3.05) is 55.6 Å². The Balaban J connectivity index is 1.18. The van der Waals surface area contributed by atoms with Gasteiger partial charge in [0.25, 0.3) is 6.43 Å². The van der Waals surface area contributed by atoms with Crippen molar-refractivity contribution in [3.05, 3.63) is 47.5 Å². The summed E-state index contributed by atoms with van der Waals surface area (Å²) in [7, 11) is 0. The van der Waals surface area contributed by atoms with E-state index >= 15 is 0 Å². The quantitative estimate of drug-likeness (QED) is 0.431. The molecule has 4 aliphatic rings. The van der Waals surface area contributed by atoms with E-state index in [1.165, 1.54) is 11.9 Å². The average molecular weight is 604 g/mol. The molecule has 2 aromatic rings. The molecule has 3 heterocycles. The SMILES string of the molecule is CC1(C(F)F)C(C(=O)O)C=NN1C1CCCN(c2cc(Cl)ccc2-c2ccc(N3CCN(C[C@@H]4C[C@@H]4F)CC3)cc2)C1. The summed E-state index contributed by atoms with van der Waals surface area (Å²) in [5.74, 6) is -2.46. The molecule has 1 N–H and O–H groups in total. The van der Waals surface area contributed by atoms with E-state index in [1.807, 2.05) is 18.2 Å². The second kappa shape index (κ2) is 11.6. The van der Waals surface area contributed by atoms with E-state index in [2.05, 4.69) is 44.1 Å². The van der Waals surface area contributed by atoms with Gasteiger partial charge >= 0.3 is 5.97 Å². The number of aliphatic carboxylic acids is 1. The Morgan fingerprint density at radius 2 is 1.81 bits per heavy atom. The van der Waals surface area contributed by atoms with Crippen LogP contribution < -0.4 is 9.80 Å². The second-order valence-electron chi connectivity index (χ2n) is 12.2. The fourth-order valence-electron chi connectivity index (χ4n) is 6.75. The van der Waals surface area contributed by atoms with Crippen molar-refractivity contribution in [3.8, 4) is 11.1 Å². The largest absolute Gasteiger partial charge is 0.481 e. The number of hydrazone groups is 1. The Labute approximate surface area is 249 Å². The number of benzene rings is 2. The van der Waals surface area contributed by atoms with Crippen molar-refractivity contribution in [3.63, 3.8) is 0 Å². The highest BCUT2D eigenvalue weighted by atomic mass is 35.5. The molecule has 3 aliphatic heterocycles. The summed E-state index contributed by atoms with van der Waals surface area (Å²) < 4.78 is 41.9. The van der Waals surface area contributed by atoms with E-state index in [1.54, 1.807) is 0 Å². The molecule has 11 heteroatoms. The lowest BCUT2D eigenvalue weighted by Crippen LogP contribution is -2.59. The standard InChI is InChI=1S/C31H37ClF3N5O2/c1-31(30(34)35)26(29(41)42)17-36-40(31)24-3-2-10-39(19-24)28-16-22(32)6-9-25(28)20-4-7-23(8-5-20)38-13-11-37(12-14-38)18-21-15-27(21)33/h4-9,16-17,21,24,26-27,30H,2-3,10-15,18-19H2,1H3,(H,41,42)/t21-,24?,26?,27-,31?/m0/s1. The van der Waals surface area contributed by atoms with Crippen LogP contribution in [0.15, 0.2) is 47.6 Å². The van der Waals surface area contributed by atoms with Crippen molar-refractivity contribution in [1.82, 2.24) is 9.91 Å². The lowest BCUT2D eigenvalue weighted by Gasteiger charge is -2.45. The Morgan fingerprint density at radius 3 is 2.45 bits per heavy atom. The Bertz CT molecular complexity index is 1320. The van der Waals surface area contributed by atoms with Gasteiger partial charge in [-0.15, -0.1) is 0 Å². The summed E-state index contributed by atoms with van der Waals surface area (Å²) >= 11 is 6.45. The molecule has 0 radical (unpaired) electrons. The van der Waals surface area contributed by atoms with Crippen LogP contribution in [-0.2, 0) is 4.79 Å². The molecule has 6 rings (SSSR count). The van der Waals surface area contributed by atoms with Crippen LogP contribution in [0.2, 0.25) is 5.02 Å². The number of alkyl halides is 3. The first-order chi connectivity index (χ1) is 20.1. The monoisotopic (exact) mass is 603 g/mol. The van der Waals surface area contributed by atoms with E-state index in [0.29, 0.717) is 24.4 Å². The molecule has 5 atom stereocenters. The second-order valence-corrected chi connectivity index (χ2v) is 12.6. The van der Waals surface area contributed by atoms with Crippen molar-refractivity contribution >= 4 is 35.2 Å². The van der Waals surface area contributed by atoms with Gasteiger partial charge in [-0.05, 0) is 56.0 Å². The normalized spacial score (nSPS) is 29.9. The Hall–Kier alpha value is -2.98. The summed E-state index contributed by atoms with van der Waals surface area (Å²) in [4.78, 5) is 18.6. The number of rotatable bonds is 8. The van der Waals surface area contributed by atoms with Gasteiger partial charge in [0.1, 0.15) is 17.6 Å². The van der Waals surface area contributed by atoms with Gasteiger partial charge in [-0.3, -0.25) is 14.7 Å². The predicted molar refractivity (Wildman–Crippen MR) is 160 cm³/mol. The number of carboxylic acids is 1. The summed E-state index contributed by atoms with van der Waals surface area (Å²) in [5.41, 5.74) is 2.17. The molecule has 0 amide bonds. The van der Waals surface area contributed by atoms with Crippen LogP contribution in [0, 0.1) is 11.8 Å². The maximum atomic E-state index is 14.3. The smallest absolute Gasteiger partial charge is 0.314 e. The lowest BCUT2D eigenvalue weighted by atomic mass is 9.85. The fourth-order valence-corrected chi connectivity index (χ4v) is 6.92. The third kappa shape index (κ3) is 5.55. The van der Waals surface area contributed by atoms with E-state index in [0.717, 1.165) is 74.4 Å². The number of hydrogen-bond acceptors (Lipinski definition) is 6. The van der Waals surface area contributed by atoms with Gasteiger partial charge in [0.15, 0.2) is 0 Å². The highest BCUT2D eigenvalue weighted by molar-refractivity contribution is 6.31. The summed E-state index contributed by atoms with van der Waals surface area (Å²) in [5, 5.41) is 15.7. The average Bonchev–Trinajstić information content (AvgIpc) is 3.55. The van der Waals surface area contributed by atoms with Crippen LogP contribution in [0.25, 0.3) is 11.1 Å². The molecule has 3 fully saturated rings. The first-order valence-electron chi connectivity index (χ1n) is 14.8. The first kappa shape index (κ1) is 29.1. The van der Waals surface area contributed by atoms with Gasteiger partial charge in [-0.1, -0.05) is 29.8 Å². The minimum atomic E-state index is -2.87. The molecule has 226 valence electrons. The molecule has 2 saturated heterocycles. The van der Waals surface area contributed by atoms with Gasteiger partial charge in [0.2, 0.25) is 0 Å². The van der Waals surface area contributed by atoms with Gasteiger partial charge in [-0.2, -0.15) is 5.10 Å². The zero-order valence-corrected chi connectivity index (χ0v) is 24.4. The molecule has 1 saturated carbocycles. The summed E-state index contributed by atoms with van der Waals surface area (Å²) in [6, 6.07) is 13.8. The molecule has 0 bridgehead atoms. The molecule has 7 nitrogen and oxygen atoms in total. The van der Waals surface area contributed by atoms with Gasteiger partial charge in [-0.25, -0.2) is 13.2 Å². The molecular weight excluding hydrogens is 567 g/mol. The zero-order valence-electron chi connectivity index (χ0n) is 23.7. The molecule has 2 aromatic carbocycles. The van der Waals surface area contributed by atoms with Crippen molar-refractivity contribution in [1.29, 1.82) is 0 Å². The molecule has 42 heavy (non-hydrogen) atoms. The van der Waals surface area contributed by atoms with Crippen LogP contribution in [0.5, 0.6) is 0 Å². The number of carbonyl (C=O) groups is 1. The van der Waals surface area contributed by atoms with Gasteiger partial charge in [0, 0.05) is 79.9 Å². The van der Waals surface area contributed by atoms with Crippen molar-refractivity contribution in [2.24, 2.45) is 16.9 Å². The predicted octanol–water partition coefficient (Wildman–Crippen LogP) is 5.48. The highest BCUT2D eigenvalue weighted by Crippen LogP contribution is 2.41. The van der Waals surface area contributed by atoms with E-state index in [4.69, 9.17) is 11.6 Å². The number of piperidine rings is 1. The number of hydrogen-bond donors (Lipinski definition) is 1. The van der Waals surface area contributed by atoms with Crippen LogP contribution in [0.1, 0.15) is 26.2 Å². The van der Waals surface area contributed by atoms with Gasteiger partial charge in [0.05, 0.1) is 6.04 Å². The maximum absolute atomic E-state index is 14.3. The third-order valence-corrected chi connectivity index (χ3v) is 9.69. The number of piperazine rings is 1. The lowest BCUT2D eigenvalue weighted by molar-refractivity contribution is -0.149. The molecule has 0 spiro atoms. The summed E-state index contributed by atoms with van der Waals surface area (Å²) in [6.07, 6.45) is -0.252. The molecule has 0 aromatic heterocycles. The van der Waals surface area contributed by atoms with Gasteiger partial charge < -0.3 is 14.9 Å². The van der Waals surface area contributed by atoms with Crippen molar-refractivity contribution < 1.29 is 23.1 Å². The minimum Gasteiger partial charge on any atom is -0.481 e. The van der Waals surface area contributed by atoms with Crippen LogP contribution in [-0.4, -0.2) is 97.2 Å². The molecule has 3 unspecified atom stereocenters. The highest BCUT2D eigenvalue weighted by Gasteiger charge is 2.56. The Kier molecular flexibility index (Phi) is 8.04.